The Bertz CT molecular complexity index is 1230. The predicted molar refractivity (Wildman–Crippen MR) is 128 cm³/mol. The summed E-state index contributed by atoms with van der Waals surface area (Å²) in [7, 11) is 0. The van der Waals surface area contributed by atoms with Gasteiger partial charge in [-0.2, -0.15) is 16.9 Å². The maximum absolute atomic E-state index is 13.3. The van der Waals surface area contributed by atoms with E-state index in [1.165, 1.54) is 5.56 Å². The zero-order valence-corrected chi connectivity index (χ0v) is 19.3. The van der Waals surface area contributed by atoms with E-state index in [4.69, 9.17) is 5.10 Å². The number of carbonyl (C=O) groups excluding carboxylic acids is 2. The molecule has 32 heavy (non-hydrogen) atoms. The van der Waals surface area contributed by atoms with Gasteiger partial charge in [0.1, 0.15) is 5.82 Å². The normalized spacial score (nSPS) is 17.7. The van der Waals surface area contributed by atoms with Crippen LogP contribution in [-0.2, 0) is 21.1 Å². The molecule has 1 atom stereocenters. The van der Waals surface area contributed by atoms with Crippen LogP contribution in [0.3, 0.4) is 0 Å². The van der Waals surface area contributed by atoms with Gasteiger partial charge in [0, 0.05) is 35.7 Å². The smallest absolute Gasteiger partial charge is 0.230 e. The van der Waals surface area contributed by atoms with Gasteiger partial charge in [0.15, 0.2) is 0 Å². The van der Waals surface area contributed by atoms with E-state index in [-0.39, 0.29) is 18.2 Å². The molecular weight excluding hydrogens is 420 g/mol. The summed E-state index contributed by atoms with van der Waals surface area (Å²) in [6, 6.07) is 14.1. The number of hydrogen-bond donors (Lipinski definition) is 1. The first kappa shape index (κ1) is 20.8. The molecule has 0 bridgehead atoms. The highest BCUT2D eigenvalue weighted by molar-refractivity contribution is 7.98. The molecule has 1 N–H and O–H groups in total. The number of carbonyl (C=O) groups is 2. The van der Waals surface area contributed by atoms with Crippen LogP contribution in [0.2, 0.25) is 0 Å². The number of nitrogens with zero attached hydrogens (tertiary/aromatic N) is 3. The quantitative estimate of drug-likeness (QED) is 0.639. The van der Waals surface area contributed by atoms with Crippen molar-refractivity contribution in [1.82, 2.24) is 9.78 Å². The van der Waals surface area contributed by atoms with Crippen molar-refractivity contribution in [2.24, 2.45) is 5.92 Å². The molecule has 0 saturated carbocycles. The predicted octanol–water partition coefficient (Wildman–Crippen LogP) is 4.54. The van der Waals surface area contributed by atoms with Crippen molar-refractivity contribution in [3.8, 4) is 5.69 Å². The fraction of sp³-hybridized carbons (Fsp3) is 0.320. The van der Waals surface area contributed by atoms with Crippen LogP contribution in [0, 0.1) is 26.7 Å². The van der Waals surface area contributed by atoms with E-state index in [2.05, 4.69) is 31.3 Å². The summed E-state index contributed by atoms with van der Waals surface area (Å²) < 4.78 is 1.87. The molecule has 3 aromatic rings. The van der Waals surface area contributed by atoms with Crippen LogP contribution >= 0.6 is 11.8 Å². The number of amides is 2. The number of hydrogen-bond acceptors (Lipinski definition) is 4. The molecule has 5 rings (SSSR count). The lowest BCUT2D eigenvalue weighted by molar-refractivity contribution is -0.122. The number of fused-ring (bicyclic) bond motifs is 1. The molecule has 6 nitrogen and oxygen atoms in total. The molecule has 1 unspecified atom stereocenters. The van der Waals surface area contributed by atoms with E-state index in [9.17, 15) is 9.59 Å². The van der Waals surface area contributed by atoms with Gasteiger partial charge in [-0.15, -0.1) is 0 Å². The zero-order valence-electron chi connectivity index (χ0n) is 18.5. The van der Waals surface area contributed by atoms with E-state index < -0.39 is 5.92 Å². The second-order valence-corrected chi connectivity index (χ2v) is 9.69. The summed E-state index contributed by atoms with van der Waals surface area (Å²) in [5.74, 6) is 1.88. The summed E-state index contributed by atoms with van der Waals surface area (Å²) in [5, 5.41) is 7.97. The Morgan fingerprint density at radius 2 is 1.91 bits per heavy atom. The van der Waals surface area contributed by atoms with Crippen LogP contribution < -0.4 is 10.2 Å². The summed E-state index contributed by atoms with van der Waals surface area (Å²) in [6.45, 7) is 6.52. The monoisotopic (exact) mass is 446 g/mol. The van der Waals surface area contributed by atoms with Crippen molar-refractivity contribution >= 4 is 35.1 Å². The summed E-state index contributed by atoms with van der Waals surface area (Å²) in [4.78, 5) is 27.7. The van der Waals surface area contributed by atoms with Gasteiger partial charge in [-0.3, -0.25) is 9.59 Å². The largest absolute Gasteiger partial charge is 0.312 e. The van der Waals surface area contributed by atoms with E-state index in [1.807, 2.05) is 41.9 Å². The number of rotatable bonds is 4. The third-order valence-electron chi connectivity index (χ3n) is 6.18. The molecule has 0 spiro atoms. The third kappa shape index (κ3) is 3.71. The summed E-state index contributed by atoms with van der Waals surface area (Å²) in [6.07, 6.45) is 0.217. The average molecular weight is 447 g/mol. The molecule has 1 aromatic heterocycles. The van der Waals surface area contributed by atoms with E-state index in [0.29, 0.717) is 6.54 Å². The van der Waals surface area contributed by atoms with Gasteiger partial charge < -0.3 is 10.2 Å². The molecule has 0 radical (unpaired) electrons. The Labute approximate surface area is 192 Å². The summed E-state index contributed by atoms with van der Waals surface area (Å²) in [5.41, 5.74) is 7.31. The first-order valence-corrected chi connectivity index (χ1v) is 12.0. The van der Waals surface area contributed by atoms with E-state index in [0.717, 1.165) is 51.1 Å². The Morgan fingerprint density at radius 1 is 1.09 bits per heavy atom. The van der Waals surface area contributed by atoms with Crippen LogP contribution in [0.5, 0.6) is 0 Å². The number of aryl methyl sites for hydroxylation is 3. The van der Waals surface area contributed by atoms with Crippen molar-refractivity contribution in [3.63, 3.8) is 0 Å². The fourth-order valence-electron chi connectivity index (χ4n) is 4.51. The van der Waals surface area contributed by atoms with Crippen molar-refractivity contribution in [2.45, 2.75) is 38.7 Å². The molecule has 2 aliphatic heterocycles. The van der Waals surface area contributed by atoms with Crippen molar-refractivity contribution in [3.05, 3.63) is 70.4 Å². The fourth-order valence-corrected chi connectivity index (χ4v) is 5.54. The van der Waals surface area contributed by atoms with E-state index in [1.54, 1.807) is 16.7 Å². The minimum Gasteiger partial charge on any atom is -0.312 e. The third-order valence-corrected chi connectivity index (χ3v) is 7.15. The lowest BCUT2D eigenvalue weighted by atomic mass is 10.1. The standard InChI is InChI=1S/C25H26N4O2S/c1-15-5-4-6-19(10-15)28-12-18(11-23(28)30)25(31)26-24-20-13-32-14-21(20)27-29(24)22-8-7-16(2)9-17(22)3/h4-10,18H,11-14H2,1-3H3,(H,26,31). The topological polar surface area (TPSA) is 67.2 Å². The van der Waals surface area contributed by atoms with Crippen LogP contribution in [0.15, 0.2) is 42.5 Å². The van der Waals surface area contributed by atoms with Gasteiger partial charge in [0.05, 0.1) is 17.3 Å². The van der Waals surface area contributed by atoms with Crippen LogP contribution in [-0.4, -0.2) is 28.1 Å². The van der Waals surface area contributed by atoms with Gasteiger partial charge in [-0.25, -0.2) is 4.68 Å². The molecular formula is C25H26N4O2S. The number of aromatic nitrogens is 2. The molecule has 1 fully saturated rings. The lowest BCUT2D eigenvalue weighted by Gasteiger charge is -2.18. The van der Waals surface area contributed by atoms with Crippen molar-refractivity contribution < 1.29 is 9.59 Å². The maximum Gasteiger partial charge on any atom is 0.230 e. The lowest BCUT2D eigenvalue weighted by Crippen LogP contribution is -2.29. The number of anilines is 2. The minimum atomic E-state index is -0.393. The second kappa shape index (κ2) is 8.13. The molecule has 2 aliphatic rings. The SMILES string of the molecule is Cc1cccc(N2CC(C(=O)Nc3c4c(nn3-c3ccc(C)cc3C)CSC4)CC2=O)c1. The maximum atomic E-state index is 13.3. The summed E-state index contributed by atoms with van der Waals surface area (Å²) >= 11 is 1.80. The van der Waals surface area contributed by atoms with Gasteiger partial charge in [-0.1, -0.05) is 29.8 Å². The zero-order chi connectivity index (χ0) is 22.4. The second-order valence-electron chi connectivity index (χ2n) is 8.70. The average Bonchev–Trinajstić information content (AvgIpc) is 3.44. The van der Waals surface area contributed by atoms with Crippen LogP contribution in [0.25, 0.3) is 5.69 Å². The Balaban J connectivity index is 1.42. The highest BCUT2D eigenvalue weighted by atomic mass is 32.2. The highest BCUT2D eigenvalue weighted by Crippen LogP contribution is 2.37. The van der Waals surface area contributed by atoms with Crippen molar-refractivity contribution in [2.75, 3.05) is 16.8 Å². The molecule has 3 heterocycles. The molecule has 7 heteroatoms. The van der Waals surface area contributed by atoms with Crippen molar-refractivity contribution in [1.29, 1.82) is 0 Å². The first-order chi connectivity index (χ1) is 15.4. The molecule has 164 valence electrons. The molecule has 2 aromatic carbocycles. The van der Waals surface area contributed by atoms with Gasteiger partial charge >= 0.3 is 0 Å². The number of benzene rings is 2. The molecule has 1 saturated heterocycles. The Morgan fingerprint density at radius 3 is 2.69 bits per heavy atom. The van der Waals surface area contributed by atoms with Crippen LogP contribution in [0.4, 0.5) is 11.5 Å². The van der Waals surface area contributed by atoms with Gasteiger partial charge in [0.2, 0.25) is 11.8 Å². The van der Waals surface area contributed by atoms with Gasteiger partial charge in [-0.05, 0) is 50.1 Å². The van der Waals surface area contributed by atoms with Gasteiger partial charge in [0.25, 0.3) is 0 Å². The molecule has 0 aliphatic carbocycles. The number of thioether (sulfide) groups is 1. The highest BCUT2D eigenvalue weighted by Gasteiger charge is 2.36. The van der Waals surface area contributed by atoms with Crippen LogP contribution in [0.1, 0.15) is 34.4 Å². The minimum absolute atomic E-state index is 0.0144. The Hall–Kier alpha value is -3.06. The Kier molecular flexibility index (Phi) is 5.29. The molecule has 2 amide bonds. The first-order valence-electron chi connectivity index (χ1n) is 10.8. The van der Waals surface area contributed by atoms with E-state index >= 15 is 0 Å². The number of nitrogens with one attached hydrogen (secondary N) is 1.